The summed E-state index contributed by atoms with van der Waals surface area (Å²) < 4.78 is 1.28. The standard InChI is InChI=1S/C12H13IN2S/c1-8-2-3-9(6-10(8)13)15-7-12-11(14)4-5-16-12/h2-6,15H,7,14H2,1H3. The van der Waals surface area contributed by atoms with Gasteiger partial charge in [-0.15, -0.1) is 11.3 Å². The molecule has 1 aromatic carbocycles. The Balaban J connectivity index is 2.05. The molecule has 0 saturated carbocycles. The molecule has 1 aromatic heterocycles. The summed E-state index contributed by atoms with van der Waals surface area (Å²) in [6.07, 6.45) is 0. The van der Waals surface area contributed by atoms with Crippen LogP contribution >= 0.6 is 33.9 Å². The molecule has 0 saturated heterocycles. The minimum atomic E-state index is 0.794. The molecule has 0 unspecified atom stereocenters. The number of nitrogens with two attached hydrogens (primary N) is 1. The predicted molar refractivity (Wildman–Crippen MR) is 80.0 cm³/mol. The Hall–Kier alpha value is -0.750. The fourth-order valence-corrected chi connectivity index (χ4v) is 2.63. The fourth-order valence-electron chi connectivity index (χ4n) is 1.38. The molecule has 4 heteroatoms. The van der Waals surface area contributed by atoms with Crippen LogP contribution in [0.2, 0.25) is 0 Å². The van der Waals surface area contributed by atoms with E-state index in [4.69, 9.17) is 5.73 Å². The number of halogens is 1. The molecule has 2 nitrogen and oxygen atoms in total. The summed E-state index contributed by atoms with van der Waals surface area (Å²) in [5, 5.41) is 5.40. The summed E-state index contributed by atoms with van der Waals surface area (Å²) >= 11 is 4.03. The first kappa shape index (κ1) is 11.7. The van der Waals surface area contributed by atoms with Crippen molar-refractivity contribution < 1.29 is 0 Å². The van der Waals surface area contributed by atoms with Crippen LogP contribution in [0, 0.1) is 10.5 Å². The van der Waals surface area contributed by atoms with E-state index in [1.54, 1.807) is 11.3 Å². The molecular weight excluding hydrogens is 331 g/mol. The lowest BCUT2D eigenvalue weighted by Crippen LogP contribution is -2.00. The van der Waals surface area contributed by atoms with Gasteiger partial charge in [-0.2, -0.15) is 0 Å². The van der Waals surface area contributed by atoms with E-state index in [0.29, 0.717) is 0 Å². The topological polar surface area (TPSA) is 38.0 Å². The van der Waals surface area contributed by atoms with E-state index in [2.05, 4.69) is 53.0 Å². The summed E-state index contributed by atoms with van der Waals surface area (Å²) in [7, 11) is 0. The molecule has 1 heterocycles. The van der Waals surface area contributed by atoms with Crippen LogP contribution in [-0.2, 0) is 6.54 Å². The summed E-state index contributed by atoms with van der Waals surface area (Å²) in [6, 6.07) is 8.32. The number of benzene rings is 1. The van der Waals surface area contributed by atoms with E-state index < -0.39 is 0 Å². The van der Waals surface area contributed by atoms with Crippen molar-refractivity contribution in [2.45, 2.75) is 13.5 Å². The maximum absolute atomic E-state index is 5.83. The third-order valence-corrected chi connectivity index (χ3v) is 4.50. The van der Waals surface area contributed by atoms with Gasteiger partial charge in [0, 0.05) is 19.8 Å². The third kappa shape index (κ3) is 2.68. The molecule has 3 N–H and O–H groups in total. The van der Waals surface area contributed by atoms with Gasteiger partial charge in [0.2, 0.25) is 0 Å². The largest absolute Gasteiger partial charge is 0.398 e. The average molecular weight is 344 g/mol. The van der Waals surface area contributed by atoms with Crippen LogP contribution in [0.5, 0.6) is 0 Å². The number of anilines is 2. The highest BCUT2D eigenvalue weighted by Gasteiger charge is 2.01. The van der Waals surface area contributed by atoms with Crippen molar-refractivity contribution in [3.63, 3.8) is 0 Å². The first-order valence-electron chi connectivity index (χ1n) is 4.98. The van der Waals surface area contributed by atoms with Crippen molar-refractivity contribution in [1.82, 2.24) is 0 Å². The van der Waals surface area contributed by atoms with Gasteiger partial charge in [-0.3, -0.25) is 0 Å². The predicted octanol–water partition coefficient (Wildman–Crippen LogP) is 3.86. The molecule has 0 atom stereocenters. The summed E-state index contributed by atoms with van der Waals surface area (Å²) in [4.78, 5) is 1.19. The number of hydrogen-bond acceptors (Lipinski definition) is 3. The van der Waals surface area contributed by atoms with Crippen LogP contribution in [0.3, 0.4) is 0 Å². The van der Waals surface area contributed by atoms with Crippen molar-refractivity contribution >= 4 is 45.3 Å². The van der Waals surface area contributed by atoms with Crippen molar-refractivity contribution in [2.24, 2.45) is 0 Å². The minimum Gasteiger partial charge on any atom is -0.398 e. The fraction of sp³-hybridized carbons (Fsp3) is 0.167. The smallest absolute Gasteiger partial charge is 0.0514 e. The van der Waals surface area contributed by atoms with Crippen LogP contribution < -0.4 is 11.1 Å². The van der Waals surface area contributed by atoms with Crippen LogP contribution in [0.4, 0.5) is 11.4 Å². The molecule has 0 fully saturated rings. The second kappa shape index (κ2) is 5.05. The number of thiophene rings is 1. The van der Waals surface area contributed by atoms with Gasteiger partial charge in [0.15, 0.2) is 0 Å². The highest BCUT2D eigenvalue weighted by Crippen LogP contribution is 2.22. The Labute approximate surface area is 113 Å². The highest BCUT2D eigenvalue weighted by molar-refractivity contribution is 14.1. The van der Waals surface area contributed by atoms with E-state index in [9.17, 15) is 0 Å². The van der Waals surface area contributed by atoms with Gasteiger partial charge in [0.05, 0.1) is 6.54 Å². The van der Waals surface area contributed by atoms with Gasteiger partial charge in [0.1, 0.15) is 0 Å². The lowest BCUT2D eigenvalue weighted by atomic mass is 10.2. The van der Waals surface area contributed by atoms with Crippen LogP contribution in [-0.4, -0.2) is 0 Å². The zero-order chi connectivity index (χ0) is 11.5. The molecule has 0 radical (unpaired) electrons. The van der Waals surface area contributed by atoms with Gasteiger partial charge in [-0.25, -0.2) is 0 Å². The first-order chi connectivity index (χ1) is 7.66. The molecule has 0 bridgehead atoms. The van der Waals surface area contributed by atoms with Crippen molar-refractivity contribution in [3.8, 4) is 0 Å². The molecule has 0 spiro atoms. The number of nitrogens with one attached hydrogen (secondary N) is 1. The van der Waals surface area contributed by atoms with Gasteiger partial charge in [-0.05, 0) is 58.7 Å². The van der Waals surface area contributed by atoms with Crippen LogP contribution in [0.15, 0.2) is 29.6 Å². The average Bonchev–Trinajstić information content (AvgIpc) is 2.66. The Morgan fingerprint density at radius 3 is 2.81 bits per heavy atom. The van der Waals surface area contributed by atoms with Gasteiger partial charge in [-0.1, -0.05) is 6.07 Å². The number of nitrogen functional groups attached to an aromatic ring is 1. The quantitative estimate of drug-likeness (QED) is 0.830. The molecule has 0 aliphatic rings. The molecule has 2 aromatic rings. The SMILES string of the molecule is Cc1ccc(NCc2sccc2N)cc1I. The maximum Gasteiger partial charge on any atom is 0.0514 e. The van der Waals surface area contributed by atoms with Crippen molar-refractivity contribution in [2.75, 3.05) is 11.1 Å². The van der Waals surface area contributed by atoms with Gasteiger partial charge >= 0.3 is 0 Å². The summed E-state index contributed by atoms with van der Waals surface area (Å²) in [5.41, 5.74) is 9.15. The Morgan fingerprint density at radius 2 is 2.19 bits per heavy atom. The monoisotopic (exact) mass is 344 g/mol. The lowest BCUT2D eigenvalue weighted by Gasteiger charge is -2.07. The molecular formula is C12H13IN2S. The van der Waals surface area contributed by atoms with E-state index in [1.807, 2.05) is 11.4 Å². The van der Waals surface area contributed by atoms with E-state index in [-0.39, 0.29) is 0 Å². The molecule has 0 amide bonds. The summed E-state index contributed by atoms with van der Waals surface area (Å²) in [6.45, 7) is 2.91. The normalized spacial score (nSPS) is 10.4. The minimum absolute atomic E-state index is 0.794. The molecule has 2 rings (SSSR count). The van der Waals surface area contributed by atoms with E-state index in [1.165, 1.54) is 14.0 Å². The summed E-state index contributed by atoms with van der Waals surface area (Å²) in [5.74, 6) is 0. The lowest BCUT2D eigenvalue weighted by molar-refractivity contribution is 1.19. The Morgan fingerprint density at radius 1 is 1.38 bits per heavy atom. The van der Waals surface area contributed by atoms with E-state index in [0.717, 1.165) is 17.9 Å². The number of aryl methyl sites for hydroxylation is 1. The maximum atomic E-state index is 5.83. The molecule has 84 valence electrons. The first-order valence-corrected chi connectivity index (χ1v) is 6.94. The van der Waals surface area contributed by atoms with Crippen molar-refractivity contribution in [3.05, 3.63) is 43.7 Å². The second-order valence-electron chi connectivity index (χ2n) is 3.62. The zero-order valence-corrected chi connectivity index (χ0v) is 11.9. The zero-order valence-electron chi connectivity index (χ0n) is 8.96. The van der Waals surface area contributed by atoms with Crippen LogP contribution in [0.25, 0.3) is 0 Å². The van der Waals surface area contributed by atoms with Crippen LogP contribution in [0.1, 0.15) is 10.4 Å². The highest BCUT2D eigenvalue weighted by atomic mass is 127. The molecule has 0 aliphatic carbocycles. The Bertz CT molecular complexity index is 494. The number of hydrogen-bond donors (Lipinski definition) is 2. The third-order valence-electron chi connectivity index (χ3n) is 2.40. The Kier molecular flexibility index (Phi) is 3.70. The van der Waals surface area contributed by atoms with Gasteiger partial charge < -0.3 is 11.1 Å². The molecule has 0 aliphatic heterocycles. The second-order valence-corrected chi connectivity index (χ2v) is 5.78. The molecule has 16 heavy (non-hydrogen) atoms. The number of rotatable bonds is 3. The van der Waals surface area contributed by atoms with E-state index >= 15 is 0 Å². The van der Waals surface area contributed by atoms with Gasteiger partial charge in [0.25, 0.3) is 0 Å². The van der Waals surface area contributed by atoms with Crippen molar-refractivity contribution in [1.29, 1.82) is 0 Å².